The average Bonchev–Trinajstić information content (AvgIpc) is 2.08. The summed E-state index contributed by atoms with van der Waals surface area (Å²) in [5.74, 6) is -0.224. The van der Waals surface area contributed by atoms with E-state index in [0.717, 1.165) is 19.3 Å². The van der Waals surface area contributed by atoms with Crippen LogP contribution in [0.2, 0.25) is 0 Å². The number of carbonyl (C=O) groups is 1. The molecule has 1 rings (SSSR count). The molecule has 0 radical (unpaired) electrons. The molecule has 1 fully saturated rings. The van der Waals surface area contributed by atoms with Gasteiger partial charge in [-0.2, -0.15) is 0 Å². The van der Waals surface area contributed by atoms with Gasteiger partial charge in [0.15, 0.2) is 0 Å². The van der Waals surface area contributed by atoms with Crippen molar-refractivity contribution in [1.29, 1.82) is 0 Å². The molecule has 0 saturated heterocycles. The molecule has 0 aliphatic heterocycles. The highest BCUT2D eigenvalue weighted by Gasteiger charge is 2.34. The highest BCUT2D eigenvalue weighted by Crippen LogP contribution is 2.31. The van der Waals surface area contributed by atoms with Crippen LogP contribution >= 0.6 is 0 Å². The fourth-order valence-corrected chi connectivity index (χ4v) is 2.24. The van der Waals surface area contributed by atoms with Gasteiger partial charge in [0.2, 0.25) is 15.9 Å². The summed E-state index contributed by atoms with van der Waals surface area (Å²) in [6, 6.07) is 0. The summed E-state index contributed by atoms with van der Waals surface area (Å²) in [5, 5.41) is 7.46. The zero-order chi connectivity index (χ0) is 12.2. The van der Waals surface area contributed by atoms with Crippen molar-refractivity contribution < 1.29 is 13.2 Å². The summed E-state index contributed by atoms with van der Waals surface area (Å²) in [5.41, 5.74) is 5.57. The van der Waals surface area contributed by atoms with E-state index in [2.05, 4.69) is 5.32 Å². The minimum atomic E-state index is -3.43. The van der Waals surface area contributed by atoms with Crippen LogP contribution in [-0.2, 0) is 14.8 Å². The van der Waals surface area contributed by atoms with Crippen molar-refractivity contribution in [3.63, 3.8) is 0 Å². The number of nitrogens with two attached hydrogens (primary N) is 2. The largest absolute Gasteiger partial charge is 0.356 e. The highest BCUT2D eigenvalue weighted by molar-refractivity contribution is 7.89. The topological polar surface area (TPSA) is 115 Å². The third-order valence-electron chi connectivity index (χ3n) is 2.79. The summed E-state index contributed by atoms with van der Waals surface area (Å²) in [6.45, 7) is 0.325. The number of sulfonamides is 1. The normalized spacial score (nSPS) is 18.9. The van der Waals surface area contributed by atoms with E-state index in [1.807, 2.05) is 0 Å². The SMILES string of the molecule is NC1(CC(=O)NCCCS(N)(=O)=O)CCC1. The van der Waals surface area contributed by atoms with Crippen LogP contribution in [0.3, 0.4) is 0 Å². The average molecular weight is 249 g/mol. The van der Waals surface area contributed by atoms with E-state index in [9.17, 15) is 13.2 Å². The lowest BCUT2D eigenvalue weighted by Gasteiger charge is -2.37. The van der Waals surface area contributed by atoms with Crippen LogP contribution in [0.15, 0.2) is 0 Å². The lowest BCUT2D eigenvalue weighted by molar-refractivity contribution is -0.122. The molecule has 1 aliphatic carbocycles. The Labute approximate surface area is 95.8 Å². The molecule has 0 aromatic heterocycles. The van der Waals surface area contributed by atoms with E-state index < -0.39 is 10.0 Å². The van der Waals surface area contributed by atoms with Gasteiger partial charge in [-0.15, -0.1) is 0 Å². The van der Waals surface area contributed by atoms with Crippen LogP contribution in [0.5, 0.6) is 0 Å². The predicted octanol–water partition coefficient (Wildman–Crippen LogP) is -0.947. The monoisotopic (exact) mass is 249 g/mol. The van der Waals surface area contributed by atoms with Crippen LogP contribution in [0.25, 0.3) is 0 Å². The molecule has 0 aromatic rings. The molecule has 1 amide bonds. The summed E-state index contributed by atoms with van der Waals surface area (Å²) in [4.78, 5) is 11.4. The first-order valence-corrected chi connectivity index (χ1v) is 7.08. The Morgan fingerprint density at radius 2 is 2.00 bits per heavy atom. The molecule has 1 saturated carbocycles. The summed E-state index contributed by atoms with van der Waals surface area (Å²) >= 11 is 0. The lowest BCUT2D eigenvalue weighted by Crippen LogP contribution is -2.50. The molecule has 0 spiro atoms. The van der Waals surface area contributed by atoms with Gasteiger partial charge in [-0.05, 0) is 25.7 Å². The molecule has 0 heterocycles. The Balaban J connectivity index is 2.11. The van der Waals surface area contributed by atoms with Crippen LogP contribution < -0.4 is 16.2 Å². The number of nitrogens with one attached hydrogen (secondary N) is 1. The quantitative estimate of drug-likeness (QED) is 0.526. The molecule has 7 heteroatoms. The van der Waals surface area contributed by atoms with Crippen molar-refractivity contribution in [2.45, 2.75) is 37.6 Å². The highest BCUT2D eigenvalue weighted by atomic mass is 32.2. The van der Waals surface area contributed by atoms with E-state index in [1.54, 1.807) is 0 Å². The summed E-state index contributed by atoms with van der Waals surface area (Å²) in [6.07, 6.45) is 3.51. The van der Waals surface area contributed by atoms with E-state index in [4.69, 9.17) is 10.9 Å². The van der Waals surface area contributed by atoms with E-state index in [1.165, 1.54) is 0 Å². The zero-order valence-electron chi connectivity index (χ0n) is 9.24. The molecule has 94 valence electrons. The number of rotatable bonds is 6. The van der Waals surface area contributed by atoms with Crippen molar-refractivity contribution in [2.75, 3.05) is 12.3 Å². The van der Waals surface area contributed by atoms with E-state index in [-0.39, 0.29) is 17.2 Å². The van der Waals surface area contributed by atoms with E-state index >= 15 is 0 Å². The molecule has 5 N–H and O–H groups in total. The van der Waals surface area contributed by atoms with Gasteiger partial charge in [0, 0.05) is 18.5 Å². The van der Waals surface area contributed by atoms with Crippen molar-refractivity contribution in [1.82, 2.24) is 5.32 Å². The Bertz CT molecular complexity index is 349. The first kappa shape index (κ1) is 13.4. The molecule has 0 aromatic carbocycles. The number of carbonyl (C=O) groups excluding carboxylic acids is 1. The van der Waals surface area contributed by atoms with Crippen LogP contribution in [0.4, 0.5) is 0 Å². The smallest absolute Gasteiger partial charge is 0.221 e. The number of hydrogen-bond donors (Lipinski definition) is 3. The third kappa shape index (κ3) is 4.91. The number of primary sulfonamides is 1. The third-order valence-corrected chi connectivity index (χ3v) is 3.65. The van der Waals surface area contributed by atoms with Crippen molar-refractivity contribution >= 4 is 15.9 Å². The van der Waals surface area contributed by atoms with Crippen LogP contribution in [0.1, 0.15) is 32.1 Å². The molecule has 0 atom stereocenters. The second-order valence-corrected chi connectivity index (χ2v) is 6.20. The van der Waals surface area contributed by atoms with Gasteiger partial charge in [0.1, 0.15) is 0 Å². The maximum Gasteiger partial charge on any atom is 0.221 e. The van der Waals surface area contributed by atoms with Crippen molar-refractivity contribution in [3.05, 3.63) is 0 Å². The molecule has 6 nitrogen and oxygen atoms in total. The van der Waals surface area contributed by atoms with Gasteiger partial charge in [-0.1, -0.05) is 0 Å². The molecule has 0 unspecified atom stereocenters. The van der Waals surface area contributed by atoms with Crippen LogP contribution in [0, 0.1) is 0 Å². The van der Waals surface area contributed by atoms with Gasteiger partial charge in [0.05, 0.1) is 5.75 Å². The Kier molecular flexibility index (Phi) is 4.28. The predicted molar refractivity (Wildman–Crippen MR) is 61.0 cm³/mol. The Morgan fingerprint density at radius 3 is 2.44 bits per heavy atom. The second kappa shape index (κ2) is 5.11. The maximum absolute atomic E-state index is 11.4. The first-order chi connectivity index (χ1) is 7.31. The van der Waals surface area contributed by atoms with Gasteiger partial charge in [-0.3, -0.25) is 4.79 Å². The lowest BCUT2D eigenvalue weighted by atomic mass is 9.75. The molecular weight excluding hydrogens is 230 g/mol. The molecule has 16 heavy (non-hydrogen) atoms. The van der Waals surface area contributed by atoms with Gasteiger partial charge in [-0.25, -0.2) is 13.6 Å². The molecule has 0 bridgehead atoms. The minimum absolute atomic E-state index is 0.110. The number of amides is 1. The van der Waals surface area contributed by atoms with Gasteiger partial charge < -0.3 is 11.1 Å². The van der Waals surface area contributed by atoms with Gasteiger partial charge in [0.25, 0.3) is 0 Å². The fraction of sp³-hybridized carbons (Fsp3) is 0.889. The van der Waals surface area contributed by atoms with Crippen LogP contribution in [-0.4, -0.2) is 32.2 Å². The van der Waals surface area contributed by atoms with Crippen molar-refractivity contribution in [2.24, 2.45) is 10.9 Å². The van der Waals surface area contributed by atoms with Gasteiger partial charge >= 0.3 is 0 Å². The molecule has 1 aliphatic rings. The second-order valence-electron chi connectivity index (χ2n) is 4.46. The minimum Gasteiger partial charge on any atom is -0.356 e. The van der Waals surface area contributed by atoms with E-state index in [0.29, 0.717) is 19.4 Å². The summed E-state index contributed by atoms with van der Waals surface area (Å²) < 4.78 is 21.2. The first-order valence-electron chi connectivity index (χ1n) is 5.37. The standard InChI is InChI=1S/C9H19N3O3S/c10-9(3-1-4-9)7-8(13)12-5-2-6-16(11,14)15/h1-7,10H2,(H,12,13)(H2,11,14,15). The number of hydrogen-bond acceptors (Lipinski definition) is 4. The molecular formula is C9H19N3O3S. The summed E-state index contributed by atoms with van der Waals surface area (Å²) in [7, 11) is -3.43. The fourth-order valence-electron chi connectivity index (χ4n) is 1.69. The Hall–Kier alpha value is -0.660. The zero-order valence-corrected chi connectivity index (χ0v) is 10.1. The Morgan fingerprint density at radius 1 is 1.38 bits per heavy atom. The van der Waals surface area contributed by atoms with Crippen molar-refractivity contribution in [3.8, 4) is 0 Å². The maximum atomic E-state index is 11.4.